The lowest BCUT2D eigenvalue weighted by molar-refractivity contribution is 0.293. The summed E-state index contributed by atoms with van der Waals surface area (Å²) >= 11 is 0. The van der Waals surface area contributed by atoms with Gasteiger partial charge in [-0.2, -0.15) is 8.42 Å². The van der Waals surface area contributed by atoms with Crippen LogP contribution in [0.1, 0.15) is 39.5 Å². The van der Waals surface area contributed by atoms with Gasteiger partial charge in [0.2, 0.25) is 0 Å². The van der Waals surface area contributed by atoms with Gasteiger partial charge in [-0.25, -0.2) is 0 Å². The Kier molecular flexibility index (Phi) is 8.83. The smallest absolute Gasteiger partial charge is 0.264 e. The first-order valence-corrected chi connectivity index (χ1v) is 8.07. The summed E-state index contributed by atoms with van der Waals surface area (Å²) in [5.41, 5.74) is 0. The molecule has 0 bridgehead atoms. The van der Waals surface area contributed by atoms with Crippen LogP contribution in [-0.4, -0.2) is 48.8 Å². The Balaban J connectivity index is 0.000000331. The summed E-state index contributed by atoms with van der Waals surface area (Å²) in [6.07, 6.45) is 8.20. The van der Waals surface area contributed by atoms with Crippen LogP contribution in [0.15, 0.2) is 12.4 Å². The third kappa shape index (κ3) is 10.4. The van der Waals surface area contributed by atoms with Gasteiger partial charge in [0.25, 0.3) is 10.1 Å². The molecule has 0 saturated carbocycles. The summed E-state index contributed by atoms with van der Waals surface area (Å²) in [6.45, 7) is 6.37. The summed E-state index contributed by atoms with van der Waals surface area (Å²) in [7, 11) is -1.59. The van der Waals surface area contributed by atoms with Crippen molar-refractivity contribution in [3.63, 3.8) is 0 Å². The van der Waals surface area contributed by atoms with Gasteiger partial charge in [0.1, 0.15) is 0 Å². The molecule has 6 heteroatoms. The highest BCUT2D eigenvalue weighted by molar-refractivity contribution is 7.85. The lowest BCUT2D eigenvalue weighted by atomic mass is 10.3. The molecule has 0 aromatic carbocycles. The Morgan fingerprint density at radius 1 is 1.17 bits per heavy atom. The number of hydrogen-bond acceptors (Lipinski definition) is 4. The van der Waals surface area contributed by atoms with Crippen molar-refractivity contribution in [3.05, 3.63) is 12.4 Å². The maximum atomic E-state index is 9.95. The number of hydrogen-bond donors (Lipinski definition) is 1. The van der Waals surface area contributed by atoms with Gasteiger partial charge in [0.15, 0.2) is 0 Å². The first-order chi connectivity index (χ1) is 8.39. The first-order valence-electron chi connectivity index (χ1n) is 6.46. The summed E-state index contributed by atoms with van der Waals surface area (Å²) in [5.74, 6) is -0.108. The van der Waals surface area contributed by atoms with Crippen LogP contribution in [0.3, 0.4) is 0 Å². The Hall–Kier alpha value is -0.750. The molecule has 18 heavy (non-hydrogen) atoms. The molecule has 0 aromatic rings. The summed E-state index contributed by atoms with van der Waals surface area (Å²) in [6, 6.07) is 0. The molecule has 1 aliphatic rings. The summed E-state index contributed by atoms with van der Waals surface area (Å²) < 4.78 is 28.0. The molecular formula is C12H26N2O3S. The normalized spacial score (nSPS) is 14.7. The number of unbranched alkanes of at least 4 members (excludes halogenated alkanes) is 2. The van der Waals surface area contributed by atoms with Crippen molar-refractivity contribution >= 4 is 10.1 Å². The molecule has 108 valence electrons. The summed E-state index contributed by atoms with van der Waals surface area (Å²) in [5, 5.41) is 0. The second kappa shape index (κ2) is 9.22. The molecule has 0 saturated heterocycles. The quantitative estimate of drug-likeness (QED) is 0.754. The van der Waals surface area contributed by atoms with Crippen molar-refractivity contribution in [1.29, 1.82) is 0 Å². The molecule has 1 heterocycles. The van der Waals surface area contributed by atoms with Gasteiger partial charge in [0.05, 0.1) is 12.4 Å². The highest BCUT2D eigenvalue weighted by Gasteiger charge is 2.05. The van der Waals surface area contributed by atoms with Crippen molar-refractivity contribution in [3.8, 4) is 0 Å². The van der Waals surface area contributed by atoms with Gasteiger partial charge >= 0.3 is 0 Å². The highest BCUT2D eigenvalue weighted by Crippen LogP contribution is 2.04. The molecule has 0 spiro atoms. The van der Waals surface area contributed by atoms with E-state index in [9.17, 15) is 8.42 Å². The largest absolute Gasteiger partial charge is 0.362 e. The fourth-order valence-corrected chi connectivity index (χ4v) is 2.08. The van der Waals surface area contributed by atoms with Gasteiger partial charge in [-0.1, -0.05) is 26.7 Å². The van der Waals surface area contributed by atoms with E-state index in [0.29, 0.717) is 6.42 Å². The van der Waals surface area contributed by atoms with E-state index in [1.165, 1.54) is 19.4 Å². The van der Waals surface area contributed by atoms with E-state index in [0.717, 1.165) is 13.1 Å². The molecule has 1 N–H and O–H groups in total. The van der Waals surface area contributed by atoms with Crippen LogP contribution in [0, 0.1) is 0 Å². The van der Waals surface area contributed by atoms with E-state index in [-0.39, 0.29) is 5.75 Å². The monoisotopic (exact) mass is 278 g/mol. The van der Waals surface area contributed by atoms with Crippen LogP contribution in [-0.2, 0) is 10.1 Å². The van der Waals surface area contributed by atoms with Gasteiger partial charge in [-0.3, -0.25) is 4.55 Å². The van der Waals surface area contributed by atoms with E-state index in [1.54, 1.807) is 0 Å². The van der Waals surface area contributed by atoms with Crippen LogP contribution in [0.4, 0.5) is 0 Å². The van der Waals surface area contributed by atoms with E-state index >= 15 is 0 Å². The molecule has 1 rings (SSSR count). The van der Waals surface area contributed by atoms with Gasteiger partial charge in [-0.05, 0) is 12.8 Å². The fourth-order valence-electron chi connectivity index (χ4n) is 1.42. The zero-order valence-electron chi connectivity index (χ0n) is 11.7. The minimum atomic E-state index is -3.69. The molecular weight excluding hydrogens is 252 g/mol. The first kappa shape index (κ1) is 17.2. The zero-order chi connectivity index (χ0) is 14.0. The standard InChI is InChI=1S/C8H16N2.C4H10O3S/c1-3-4-5-10-7-6-9(2)8-10;1-2-3-4-8(5,6)7/h6-7H,3-5,8H2,1-2H3;2-4H2,1H3,(H,5,6,7). The fraction of sp³-hybridized carbons (Fsp3) is 0.833. The third-order valence-corrected chi connectivity index (χ3v) is 3.30. The highest BCUT2D eigenvalue weighted by atomic mass is 32.2. The van der Waals surface area contributed by atoms with Crippen LogP contribution < -0.4 is 0 Å². The van der Waals surface area contributed by atoms with E-state index < -0.39 is 10.1 Å². The Morgan fingerprint density at radius 2 is 1.78 bits per heavy atom. The zero-order valence-corrected chi connectivity index (χ0v) is 12.5. The van der Waals surface area contributed by atoms with E-state index in [2.05, 4.69) is 36.2 Å². The molecule has 0 atom stereocenters. The molecule has 0 aromatic heterocycles. The third-order valence-electron chi connectivity index (χ3n) is 2.49. The van der Waals surface area contributed by atoms with Crippen LogP contribution in [0.5, 0.6) is 0 Å². The van der Waals surface area contributed by atoms with Gasteiger partial charge in [-0.15, -0.1) is 0 Å². The maximum Gasteiger partial charge on any atom is 0.264 e. The second-order valence-electron chi connectivity index (χ2n) is 4.50. The maximum absolute atomic E-state index is 9.95. The van der Waals surface area contributed by atoms with Crippen molar-refractivity contribution < 1.29 is 13.0 Å². The Labute approximate surface area is 111 Å². The topological polar surface area (TPSA) is 60.9 Å². The van der Waals surface area contributed by atoms with Gasteiger partial charge < -0.3 is 9.80 Å². The van der Waals surface area contributed by atoms with E-state index in [1.807, 2.05) is 6.92 Å². The van der Waals surface area contributed by atoms with Crippen molar-refractivity contribution in [1.82, 2.24) is 9.80 Å². The molecule has 0 amide bonds. The minimum Gasteiger partial charge on any atom is -0.362 e. The van der Waals surface area contributed by atoms with Crippen LogP contribution in [0.25, 0.3) is 0 Å². The Morgan fingerprint density at radius 3 is 2.11 bits per heavy atom. The molecule has 0 aliphatic carbocycles. The Bertz CT molecular complexity index is 328. The average molecular weight is 278 g/mol. The van der Waals surface area contributed by atoms with Crippen molar-refractivity contribution in [2.45, 2.75) is 39.5 Å². The van der Waals surface area contributed by atoms with Crippen molar-refractivity contribution in [2.75, 3.05) is 26.0 Å². The molecule has 0 radical (unpaired) electrons. The minimum absolute atomic E-state index is 0.108. The summed E-state index contributed by atoms with van der Waals surface area (Å²) in [4.78, 5) is 4.53. The predicted molar refractivity (Wildman–Crippen MR) is 74.7 cm³/mol. The van der Waals surface area contributed by atoms with Crippen molar-refractivity contribution in [2.24, 2.45) is 0 Å². The SMILES string of the molecule is CCCCN1C=CN(C)C1.CCCCS(=O)(=O)O. The number of rotatable bonds is 6. The second-order valence-corrected chi connectivity index (χ2v) is 6.07. The van der Waals surface area contributed by atoms with E-state index in [4.69, 9.17) is 4.55 Å². The number of nitrogens with zero attached hydrogens (tertiary/aromatic N) is 2. The molecule has 0 fully saturated rings. The van der Waals surface area contributed by atoms with Gasteiger partial charge in [0, 0.05) is 26.0 Å². The lowest BCUT2D eigenvalue weighted by Crippen LogP contribution is -2.23. The molecule has 5 nitrogen and oxygen atoms in total. The molecule has 1 aliphatic heterocycles. The predicted octanol–water partition coefficient (Wildman–Crippen LogP) is 2.14. The van der Waals surface area contributed by atoms with Crippen LogP contribution in [0.2, 0.25) is 0 Å². The average Bonchev–Trinajstić information content (AvgIpc) is 2.69. The molecule has 0 unspecified atom stereocenters. The lowest BCUT2D eigenvalue weighted by Gasteiger charge is -2.17. The van der Waals surface area contributed by atoms with Crippen LogP contribution >= 0.6 is 0 Å².